The lowest BCUT2D eigenvalue weighted by Crippen LogP contribution is -2.08. The number of benzene rings is 2. The van der Waals surface area contributed by atoms with Crippen molar-refractivity contribution in [3.63, 3.8) is 0 Å². The van der Waals surface area contributed by atoms with Gasteiger partial charge in [0.15, 0.2) is 0 Å². The summed E-state index contributed by atoms with van der Waals surface area (Å²) < 4.78 is 19.1. The molecule has 4 heteroatoms. The van der Waals surface area contributed by atoms with Gasteiger partial charge in [-0.2, -0.15) is 0 Å². The first kappa shape index (κ1) is 14.9. The Morgan fingerprint density at radius 1 is 1.20 bits per heavy atom. The summed E-state index contributed by atoms with van der Waals surface area (Å²) >= 11 is 3.21. The molecule has 20 heavy (non-hydrogen) atoms. The molecule has 1 atom stereocenters. The quantitative estimate of drug-likeness (QED) is 0.840. The molecule has 2 rings (SSSR count). The molecule has 0 fully saturated rings. The second kappa shape index (κ2) is 6.27. The summed E-state index contributed by atoms with van der Waals surface area (Å²) in [6, 6.07) is 11.1. The number of methoxy groups -OCH3 is 1. The Balaban J connectivity index is 2.22. The third-order valence-electron chi connectivity index (χ3n) is 3.17. The van der Waals surface area contributed by atoms with Gasteiger partial charge in [-0.15, -0.1) is 0 Å². The zero-order chi connectivity index (χ0) is 14.7. The molecular formula is C16H17BrFNO. The Morgan fingerprint density at radius 2 is 1.95 bits per heavy atom. The van der Waals surface area contributed by atoms with Gasteiger partial charge in [0.25, 0.3) is 0 Å². The summed E-state index contributed by atoms with van der Waals surface area (Å²) in [6.07, 6.45) is 0. The lowest BCUT2D eigenvalue weighted by molar-refractivity contribution is 0.416. The lowest BCUT2D eigenvalue weighted by atomic mass is 10.1. The van der Waals surface area contributed by atoms with Gasteiger partial charge in [0.05, 0.1) is 17.3 Å². The van der Waals surface area contributed by atoms with Gasteiger partial charge in [-0.3, -0.25) is 0 Å². The van der Waals surface area contributed by atoms with E-state index in [1.165, 1.54) is 6.07 Å². The van der Waals surface area contributed by atoms with Crippen molar-refractivity contribution in [1.82, 2.24) is 0 Å². The summed E-state index contributed by atoms with van der Waals surface area (Å²) in [4.78, 5) is 0. The fourth-order valence-corrected chi connectivity index (χ4v) is 2.41. The van der Waals surface area contributed by atoms with Crippen molar-refractivity contribution in [3.05, 3.63) is 57.8 Å². The highest BCUT2D eigenvalue weighted by atomic mass is 79.9. The smallest absolute Gasteiger partial charge is 0.142 e. The molecule has 1 N–H and O–H groups in total. The Bertz CT molecular complexity index is 615. The molecule has 2 aromatic rings. The first-order chi connectivity index (χ1) is 9.51. The highest BCUT2D eigenvalue weighted by molar-refractivity contribution is 9.10. The zero-order valence-corrected chi connectivity index (χ0v) is 13.3. The minimum atomic E-state index is -0.256. The number of anilines is 1. The molecule has 0 aromatic heterocycles. The molecule has 0 saturated heterocycles. The molecule has 1 unspecified atom stereocenters. The number of halogens is 2. The van der Waals surface area contributed by atoms with Crippen LogP contribution in [0.5, 0.6) is 5.75 Å². The van der Waals surface area contributed by atoms with Crippen LogP contribution in [0.2, 0.25) is 0 Å². The molecule has 2 aromatic carbocycles. The number of ether oxygens (including phenoxy) is 1. The van der Waals surface area contributed by atoms with Crippen molar-refractivity contribution in [3.8, 4) is 5.75 Å². The van der Waals surface area contributed by atoms with Gasteiger partial charge in [0.1, 0.15) is 11.6 Å². The van der Waals surface area contributed by atoms with E-state index in [9.17, 15) is 4.39 Å². The third kappa shape index (κ3) is 3.31. The Hall–Kier alpha value is -1.55. The average Bonchev–Trinajstić information content (AvgIpc) is 2.43. The highest BCUT2D eigenvalue weighted by Gasteiger charge is 2.10. The van der Waals surface area contributed by atoms with Crippen LogP contribution in [0, 0.1) is 12.7 Å². The largest absolute Gasteiger partial charge is 0.495 e. The van der Waals surface area contributed by atoms with Crippen molar-refractivity contribution in [1.29, 1.82) is 0 Å². The Kier molecular flexibility index (Phi) is 4.65. The van der Waals surface area contributed by atoms with Gasteiger partial charge in [-0.25, -0.2) is 4.39 Å². The first-order valence-corrected chi connectivity index (χ1v) is 7.16. The number of hydrogen-bond donors (Lipinski definition) is 1. The molecule has 0 saturated carbocycles. The molecule has 0 bridgehead atoms. The SMILES string of the molecule is COc1cc(C)ccc1NC(C)c1ccc(F)c(Br)c1. The maximum atomic E-state index is 13.3. The van der Waals surface area contributed by atoms with Gasteiger partial charge in [0.2, 0.25) is 0 Å². The van der Waals surface area contributed by atoms with E-state index < -0.39 is 0 Å². The zero-order valence-electron chi connectivity index (χ0n) is 11.7. The highest BCUT2D eigenvalue weighted by Crippen LogP contribution is 2.30. The van der Waals surface area contributed by atoms with E-state index in [0.29, 0.717) is 4.47 Å². The molecule has 2 nitrogen and oxygen atoms in total. The van der Waals surface area contributed by atoms with Crippen LogP contribution in [0.3, 0.4) is 0 Å². The number of rotatable bonds is 4. The van der Waals surface area contributed by atoms with Crippen molar-refractivity contribution < 1.29 is 9.13 Å². The van der Waals surface area contributed by atoms with Gasteiger partial charge in [0, 0.05) is 6.04 Å². The predicted molar refractivity (Wildman–Crippen MR) is 83.9 cm³/mol. The van der Waals surface area contributed by atoms with Crippen LogP contribution in [0.25, 0.3) is 0 Å². The summed E-state index contributed by atoms with van der Waals surface area (Å²) in [5.41, 5.74) is 3.07. The van der Waals surface area contributed by atoms with E-state index in [4.69, 9.17) is 4.74 Å². The second-order valence-corrected chi connectivity index (χ2v) is 5.60. The standard InChI is InChI=1S/C16H17BrFNO/c1-10-4-7-15(16(8-10)20-3)19-11(2)12-5-6-14(18)13(17)9-12/h4-9,11,19H,1-3H3. The minimum absolute atomic E-state index is 0.0449. The molecule has 0 amide bonds. The second-order valence-electron chi connectivity index (χ2n) is 4.74. The van der Waals surface area contributed by atoms with Crippen LogP contribution >= 0.6 is 15.9 Å². The molecule has 0 radical (unpaired) electrons. The van der Waals surface area contributed by atoms with E-state index in [1.54, 1.807) is 19.2 Å². The van der Waals surface area contributed by atoms with Crippen molar-refractivity contribution in [2.75, 3.05) is 12.4 Å². The van der Waals surface area contributed by atoms with Crippen LogP contribution in [0.4, 0.5) is 10.1 Å². The molecular weight excluding hydrogens is 321 g/mol. The van der Waals surface area contributed by atoms with Gasteiger partial charge >= 0.3 is 0 Å². The van der Waals surface area contributed by atoms with E-state index in [2.05, 4.69) is 21.2 Å². The van der Waals surface area contributed by atoms with Gasteiger partial charge < -0.3 is 10.1 Å². The molecule has 0 spiro atoms. The fraction of sp³-hybridized carbons (Fsp3) is 0.250. The number of nitrogens with one attached hydrogen (secondary N) is 1. The van der Waals surface area contributed by atoms with Crippen molar-refractivity contribution >= 4 is 21.6 Å². The molecule has 0 heterocycles. The summed E-state index contributed by atoms with van der Waals surface area (Å²) in [5, 5.41) is 3.38. The van der Waals surface area contributed by atoms with Gasteiger partial charge in [-0.05, 0) is 65.2 Å². The number of hydrogen-bond acceptors (Lipinski definition) is 2. The van der Waals surface area contributed by atoms with Crippen molar-refractivity contribution in [2.45, 2.75) is 19.9 Å². The topological polar surface area (TPSA) is 21.3 Å². The molecule has 0 aliphatic heterocycles. The van der Waals surface area contributed by atoms with E-state index in [0.717, 1.165) is 22.6 Å². The van der Waals surface area contributed by atoms with Gasteiger partial charge in [-0.1, -0.05) is 12.1 Å². The maximum absolute atomic E-state index is 13.3. The third-order valence-corrected chi connectivity index (χ3v) is 3.78. The summed E-state index contributed by atoms with van der Waals surface area (Å²) in [5.74, 6) is 0.548. The Labute approximate surface area is 127 Å². The van der Waals surface area contributed by atoms with E-state index in [-0.39, 0.29) is 11.9 Å². The maximum Gasteiger partial charge on any atom is 0.142 e. The molecule has 0 aliphatic rings. The normalized spacial score (nSPS) is 12.1. The molecule has 106 valence electrons. The fourth-order valence-electron chi connectivity index (χ4n) is 2.02. The first-order valence-electron chi connectivity index (χ1n) is 6.37. The van der Waals surface area contributed by atoms with Crippen LogP contribution in [-0.2, 0) is 0 Å². The van der Waals surface area contributed by atoms with Crippen LogP contribution in [0.15, 0.2) is 40.9 Å². The average molecular weight is 338 g/mol. The van der Waals surface area contributed by atoms with Crippen LogP contribution in [-0.4, -0.2) is 7.11 Å². The van der Waals surface area contributed by atoms with E-state index in [1.807, 2.05) is 32.0 Å². The molecule has 0 aliphatic carbocycles. The number of aryl methyl sites for hydroxylation is 1. The van der Waals surface area contributed by atoms with Crippen LogP contribution in [0.1, 0.15) is 24.1 Å². The summed E-state index contributed by atoms with van der Waals surface area (Å²) in [7, 11) is 1.65. The van der Waals surface area contributed by atoms with Crippen LogP contribution < -0.4 is 10.1 Å². The minimum Gasteiger partial charge on any atom is -0.495 e. The Morgan fingerprint density at radius 3 is 2.60 bits per heavy atom. The van der Waals surface area contributed by atoms with Crippen molar-refractivity contribution in [2.24, 2.45) is 0 Å². The summed E-state index contributed by atoms with van der Waals surface area (Å²) in [6.45, 7) is 4.05. The monoisotopic (exact) mass is 337 g/mol. The van der Waals surface area contributed by atoms with E-state index >= 15 is 0 Å². The predicted octanol–water partition coefficient (Wildman–Crippen LogP) is 5.08. The lowest BCUT2D eigenvalue weighted by Gasteiger charge is -2.18.